The number of hydrogen-bond acceptors (Lipinski definition) is 9. The molecule has 0 bridgehead atoms. The number of anilines is 4. The predicted molar refractivity (Wildman–Crippen MR) is 158 cm³/mol. The van der Waals surface area contributed by atoms with Crippen molar-refractivity contribution < 1.29 is 42.2 Å². The number of methoxy groups -OCH3 is 1. The fraction of sp³-hybridized carbons (Fsp3) is 0.286. The van der Waals surface area contributed by atoms with Crippen molar-refractivity contribution in [3.8, 4) is 16.9 Å². The van der Waals surface area contributed by atoms with Crippen LogP contribution in [-0.2, 0) is 30.0 Å². The summed E-state index contributed by atoms with van der Waals surface area (Å²) in [4.78, 5) is 41.1. The molecule has 0 aliphatic carbocycles. The molecule has 0 atom stereocenters. The van der Waals surface area contributed by atoms with Gasteiger partial charge in [-0.1, -0.05) is 12.1 Å². The van der Waals surface area contributed by atoms with Crippen LogP contribution in [0.1, 0.15) is 33.5 Å². The molecule has 5 N–H and O–H groups in total. The van der Waals surface area contributed by atoms with E-state index in [1.165, 1.54) is 36.3 Å². The van der Waals surface area contributed by atoms with Gasteiger partial charge < -0.3 is 35.2 Å². The van der Waals surface area contributed by atoms with Crippen LogP contribution in [0.4, 0.5) is 36.3 Å². The number of aryl methyl sites for hydroxylation is 1. The number of aromatic nitrogens is 4. The molecule has 1 aliphatic rings. The number of nitrogens with zero attached hydrogens (tertiary/aromatic N) is 5. The van der Waals surface area contributed by atoms with Crippen LogP contribution in [0.15, 0.2) is 48.9 Å². The minimum Gasteiger partial charge on any atom is -0.495 e. The smallest absolute Gasteiger partial charge is 0.421 e. The number of alkyl halides is 3. The largest absolute Gasteiger partial charge is 0.495 e. The van der Waals surface area contributed by atoms with Crippen molar-refractivity contribution in [2.75, 3.05) is 31.4 Å². The average molecular weight is 648 g/mol. The fourth-order valence-corrected chi connectivity index (χ4v) is 5.63. The molecule has 0 fully saturated rings. The lowest BCUT2D eigenvalue weighted by Gasteiger charge is -2.18. The number of ether oxygens (including phenoxy) is 1. The Balaban J connectivity index is 1.51. The quantitative estimate of drug-likeness (QED) is 0.145. The van der Waals surface area contributed by atoms with Gasteiger partial charge in [0.05, 0.1) is 36.4 Å². The maximum Gasteiger partial charge on any atom is 0.421 e. The number of halogens is 3. The molecular formula is C28H29F3N7O6P. The summed E-state index contributed by atoms with van der Waals surface area (Å²) in [5.41, 5.74) is 1.68. The number of aliphatic hydroxyl groups is 1. The number of aliphatic hydroxyl groups excluding tert-OH is 1. The molecule has 0 radical (unpaired) electrons. The second kappa shape index (κ2) is 12.5. The SMILES string of the molecule is COc1cc(CP(=O)(O)O)ccc1Nc1ncc(C(F)(F)F)c(Nc2ccc(-c3cnn(CCCO)c3)c3c2C(=O)N(C)C3)n1. The van der Waals surface area contributed by atoms with E-state index in [4.69, 9.17) is 9.84 Å². The molecule has 0 saturated heterocycles. The molecule has 1 aliphatic heterocycles. The van der Waals surface area contributed by atoms with E-state index in [9.17, 15) is 32.3 Å². The third-order valence-corrected chi connectivity index (χ3v) is 7.78. The second-order valence-electron chi connectivity index (χ2n) is 10.3. The first-order valence-electron chi connectivity index (χ1n) is 13.5. The maximum absolute atomic E-state index is 14.1. The number of benzene rings is 2. The normalized spacial score (nSPS) is 13.2. The lowest BCUT2D eigenvalue weighted by molar-refractivity contribution is -0.137. The average Bonchev–Trinajstić information content (AvgIpc) is 3.55. The van der Waals surface area contributed by atoms with Crippen LogP contribution in [-0.4, -0.2) is 66.2 Å². The van der Waals surface area contributed by atoms with Crippen molar-refractivity contribution in [2.24, 2.45) is 0 Å². The van der Waals surface area contributed by atoms with Crippen molar-refractivity contribution in [2.45, 2.75) is 31.8 Å². The molecular weight excluding hydrogens is 618 g/mol. The van der Waals surface area contributed by atoms with Gasteiger partial charge in [-0.15, -0.1) is 0 Å². The van der Waals surface area contributed by atoms with Crippen molar-refractivity contribution in [1.29, 1.82) is 0 Å². The van der Waals surface area contributed by atoms with Crippen molar-refractivity contribution >= 4 is 36.6 Å². The Hall–Kier alpha value is -4.50. The molecule has 238 valence electrons. The highest BCUT2D eigenvalue weighted by Gasteiger charge is 2.37. The number of carbonyl (C=O) groups excluding carboxylic acids is 1. The zero-order valence-corrected chi connectivity index (χ0v) is 24.9. The number of nitrogens with one attached hydrogen (secondary N) is 2. The first kappa shape index (κ1) is 31.9. The number of rotatable bonds is 11. The van der Waals surface area contributed by atoms with E-state index < -0.39 is 31.3 Å². The Morgan fingerprint density at radius 2 is 1.87 bits per heavy atom. The van der Waals surface area contributed by atoms with Crippen LogP contribution in [0.2, 0.25) is 0 Å². The van der Waals surface area contributed by atoms with E-state index in [1.54, 1.807) is 30.2 Å². The van der Waals surface area contributed by atoms with Gasteiger partial charge in [0.2, 0.25) is 5.95 Å². The van der Waals surface area contributed by atoms with E-state index in [0.29, 0.717) is 35.9 Å². The minimum atomic E-state index is -4.84. The summed E-state index contributed by atoms with van der Waals surface area (Å²) in [6, 6.07) is 7.45. The number of hydrogen-bond donors (Lipinski definition) is 5. The fourth-order valence-electron chi connectivity index (χ4n) is 4.96. The van der Waals surface area contributed by atoms with E-state index in [0.717, 1.165) is 0 Å². The molecule has 5 rings (SSSR count). The molecule has 2 aromatic carbocycles. The maximum atomic E-state index is 14.1. The lowest BCUT2D eigenvalue weighted by atomic mass is 9.97. The summed E-state index contributed by atoms with van der Waals surface area (Å²) in [6.07, 6.45) is -0.851. The monoisotopic (exact) mass is 647 g/mol. The molecule has 0 unspecified atom stereocenters. The van der Waals surface area contributed by atoms with Gasteiger partial charge in [-0.3, -0.25) is 14.0 Å². The Bertz CT molecular complexity index is 1790. The summed E-state index contributed by atoms with van der Waals surface area (Å²) >= 11 is 0. The third-order valence-electron chi connectivity index (χ3n) is 7.01. The standard InChI is InChI=1S/C28H29F3N7O6P/c1-37-14-19-18(17-11-33-38(13-17)8-3-9-39)5-7-22(24(19)26(37)40)34-25-20(28(29,30)31)12-32-27(36-25)35-21-6-4-16(10-23(21)44-2)15-45(41,42)43/h4-7,10-13,39H,3,8-9,14-15H2,1-2H3,(H2,41,42,43)(H2,32,34,35,36). The zero-order valence-electron chi connectivity index (χ0n) is 24.0. The zero-order chi connectivity index (χ0) is 32.5. The third kappa shape index (κ3) is 7.09. The Morgan fingerprint density at radius 3 is 2.56 bits per heavy atom. The minimum absolute atomic E-state index is 0.00363. The van der Waals surface area contributed by atoms with Gasteiger partial charge in [-0.05, 0) is 41.3 Å². The molecule has 0 spiro atoms. The Labute approximate surface area is 254 Å². The van der Waals surface area contributed by atoms with Gasteiger partial charge in [0.25, 0.3) is 5.91 Å². The first-order chi connectivity index (χ1) is 21.3. The first-order valence-corrected chi connectivity index (χ1v) is 15.3. The van der Waals surface area contributed by atoms with Crippen molar-refractivity contribution in [3.05, 3.63) is 71.2 Å². The summed E-state index contributed by atoms with van der Waals surface area (Å²) < 4.78 is 60.6. The summed E-state index contributed by atoms with van der Waals surface area (Å²) in [5, 5.41) is 18.9. The van der Waals surface area contributed by atoms with Crippen molar-refractivity contribution in [3.63, 3.8) is 0 Å². The van der Waals surface area contributed by atoms with Crippen LogP contribution in [0.25, 0.3) is 11.1 Å². The highest BCUT2D eigenvalue weighted by Crippen LogP contribution is 2.42. The number of fused-ring (bicyclic) bond motifs is 1. The van der Waals surface area contributed by atoms with Gasteiger partial charge in [0.15, 0.2) is 0 Å². The molecule has 13 nitrogen and oxygen atoms in total. The molecule has 0 saturated carbocycles. The highest BCUT2D eigenvalue weighted by molar-refractivity contribution is 7.50. The summed E-state index contributed by atoms with van der Waals surface area (Å²) in [5.74, 6) is -1.08. The Kier molecular flexibility index (Phi) is 8.85. The van der Waals surface area contributed by atoms with E-state index in [1.807, 2.05) is 0 Å². The number of amides is 1. The highest BCUT2D eigenvalue weighted by atomic mass is 31.2. The van der Waals surface area contributed by atoms with Gasteiger partial charge in [-0.25, -0.2) is 4.98 Å². The topological polar surface area (TPSA) is 175 Å². The van der Waals surface area contributed by atoms with Crippen LogP contribution in [0.3, 0.4) is 0 Å². The van der Waals surface area contributed by atoms with E-state index >= 15 is 0 Å². The molecule has 45 heavy (non-hydrogen) atoms. The van der Waals surface area contributed by atoms with Gasteiger partial charge >= 0.3 is 13.8 Å². The van der Waals surface area contributed by atoms with E-state index in [-0.39, 0.29) is 53.3 Å². The van der Waals surface area contributed by atoms with Crippen LogP contribution < -0.4 is 15.4 Å². The summed E-state index contributed by atoms with van der Waals surface area (Å²) in [6.45, 7) is 0.718. The lowest BCUT2D eigenvalue weighted by Crippen LogP contribution is -2.18. The van der Waals surface area contributed by atoms with E-state index in [2.05, 4.69) is 25.7 Å². The van der Waals surface area contributed by atoms with Gasteiger partial charge in [-0.2, -0.15) is 23.3 Å². The van der Waals surface area contributed by atoms with Crippen LogP contribution in [0.5, 0.6) is 5.75 Å². The van der Waals surface area contributed by atoms with Gasteiger partial charge in [0, 0.05) is 44.7 Å². The van der Waals surface area contributed by atoms with Gasteiger partial charge in [0.1, 0.15) is 17.1 Å². The molecule has 17 heteroatoms. The Morgan fingerprint density at radius 1 is 1.11 bits per heavy atom. The van der Waals surface area contributed by atoms with Crippen LogP contribution >= 0.6 is 7.60 Å². The second-order valence-corrected chi connectivity index (χ2v) is 12.0. The predicted octanol–water partition coefficient (Wildman–Crippen LogP) is 4.50. The molecule has 2 aromatic heterocycles. The van der Waals surface area contributed by atoms with Crippen molar-refractivity contribution in [1.82, 2.24) is 24.6 Å². The molecule has 3 heterocycles. The summed E-state index contributed by atoms with van der Waals surface area (Å²) in [7, 11) is -1.44. The molecule has 1 amide bonds. The molecule has 4 aromatic rings. The number of carbonyl (C=O) groups is 1. The van der Waals surface area contributed by atoms with Crippen LogP contribution in [0, 0.1) is 0 Å².